The minimum absolute atomic E-state index is 0.159. The van der Waals surface area contributed by atoms with Crippen molar-refractivity contribution in [2.75, 3.05) is 18.0 Å². The number of carbonyl (C=O) groups excluding carboxylic acids is 2. The van der Waals surface area contributed by atoms with Gasteiger partial charge in [0.2, 0.25) is 11.8 Å². The number of nitrogens with zero attached hydrogens (tertiary/aromatic N) is 2. The van der Waals surface area contributed by atoms with E-state index in [9.17, 15) is 18.4 Å². The number of hydrogen-bond donors (Lipinski definition) is 0. The van der Waals surface area contributed by atoms with E-state index in [0.29, 0.717) is 13.0 Å². The fourth-order valence-electron chi connectivity index (χ4n) is 2.88. The van der Waals surface area contributed by atoms with Gasteiger partial charge in [0.25, 0.3) is 0 Å². The number of hydrogen-bond acceptors (Lipinski definition) is 2. The summed E-state index contributed by atoms with van der Waals surface area (Å²) in [6, 6.07) is 3.11. The molecule has 106 valence electrons. The molecule has 2 saturated heterocycles. The molecule has 0 saturated carbocycles. The first-order valence-corrected chi connectivity index (χ1v) is 6.64. The van der Waals surface area contributed by atoms with Gasteiger partial charge >= 0.3 is 0 Å². The van der Waals surface area contributed by atoms with Crippen LogP contribution in [0.5, 0.6) is 0 Å². The molecule has 6 heteroatoms. The minimum atomic E-state index is -1.09. The van der Waals surface area contributed by atoms with Crippen molar-refractivity contribution < 1.29 is 18.4 Å². The molecule has 0 N–H and O–H groups in total. The number of piperazine rings is 1. The maximum Gasteiger partial charge on any atom is 0.250 e. The summed E-state index contributed by atoms with van der Waals surface area (Å²) in [5.41, 5.74) is -0.159. The molecule has 0 bridgehead atoms. The monoisotopic (exact) mass is 280 g/mol. The molecule has 4 nitrogen and oxygen atoms in total. The van der Waals surface area contributed by atoms with Crippen LogP contribution in [-0.4, -0.2) is 35.8 Å². The van der Waals surface area contributed by atoms with Crippen LogP contribution in [0.4, 0.5) is 14.5 Å². The van der Waals surface area contributed by atoms with Crippen molar-refractivity contribution in [2.45, 2.75) is 25.3 Å². The SMILES string of the molecule is O=C1C2CCCCN2C(=O)CN1c1cccc(F)c1F. The lowest BCUT2D eigenvalue weighted by Gasteiger charge is -2.42. The molecular formula is C14H14F2N2O2. The predicted molar refractivity (Wildman–Crippen MR) is 68.1 cm³/mol. The Morgan fingerprint density at radius 3 is 2.75 bits per heavy atom. The van der Waals surface area contributed by atoms with Gasteiger partial charge in [-0.05, 0) is 31.4 Å². The van der Waals surface area contributed by atoms with E-state index >= 15 is 0 Å². The number of piperidine rings is 1. The minimum Gasteiger partial charge on any atom is -0.329 e. The van der Waals surface area contributed by atoms with Crippen molar-refractivity contribution in [1.29, 1.82) is 0 Å². The third-order valence-electron chi connectivity index (χ3n) is 3.89. The van der Waals surface area contributed by atoms with Crippen LogP contribution in [0, 0.1) is 11.6 Å². The van der Waals surface area contributed by atoms with Gasteiger partial charge in [-0.1, -0.05) is 6.07 Å². The van der Waals surface area contributed by atoms with Crippen LogP contribution < -0.4 is 4.90 Å². The molecule has 0 aromatic heterocycles. The lowest BCUT2D eigenvalue weighted by atomic mass is 9.98. The molecule has 2 aliphatic rings. The van der Waals surface area contributed by atoms with Crippen molar-refractivity contribution in [3.05, 3.63) is 29.8 Å². The topological polar surface area (TPSA) is 40.6 Å². The largest absolute Gasteiger partial charge is 0.329 e. The highest BCUT2D eigenvalue weighted by molar-refractivity contribution is 6.06. The molecule has 2 heterocycles. The van der Waals surface area contributed by atoms with E-state index < -0.39 is 17.7 Å². The summed E-state index contributed by atoms with van der Waals surface area (Å²) in [6.07, 6.45) is 2.32. The van der Waals surface area contributed by atoms with Crippen molar-refractivity contribution in [3.8, 4) is 0 Å². The van der Waals surface area contributed by atoms with E-state index in [0.717, 1.165) is 23.8 Å². The Morgan fingerprint density at radius 1 is 1.15 bits per heavy atom. The molecular weight excluding hydrogens is 266 g/mol. The Hall–Kier alpha value is -1.98. The van der Waals surface area contributed by atoms with E-state index in [1.807, 2.05) is 0 Å². The van der Waals surface area contributed by atoms with E-state index in [1.54, 1.807) is 4.90 Å². The average Bonchev–Trinajstić information content (AvgIpc) is 2.46. The number of anilines is 1. The highest BCUT2D eigenvalue weighted by Gasteiger charge is 2.41. The molecule has 20 heavy (non-hydrogen) atoms. The van der Waals surface area contributed by atoms with Crippen LogP contribution in [0.3, 0.4) is 0 Å². The van der Waals surface area contributed by atoms with Gasteiger partial charge in [0, 0.05) is 6.54 Å². The van der Waals surface area contributed by atoms with E-state index in [-0.39, 0.29) is 24.0 Å². The van der Waals surface area contributed by atoms with Gasteiger partial charge in [0.15, 0.2) is 11.6 Å². The molecule has 1 unspecified atom stereocenters. The highest BCUT2D eigenvalue weighted by Crippen LogP contribution is 2.29. The number of halogens is 2. The number of rotatable bonds is 1. The summed E-state index contributed by atoms with van der Waals surface area (Å²) in [6.45, 7) is 0.338. The zero-order valence-corrected chi connectivity index (χ0v) is 10.8. The number of amides is 2. The van der Waals surface area contributed by atoms with E-state index in [1.165, 1.54) is 12.1 Å². The van der Waals surface area contributed by atoms with Crippen LogP contribution in [0.2, 0.25) is 0 Å². The van der Waals surface area contributed by atoms with Crippen LogP contribution in [-0.2, 0) is 9.59 Å². The maximum atomic E-state index is 13.8. The first kappa shape index (κ1) is 13.0. The van der Waals surface area contributed by atoms with Crippen LogP contribution in [0.25, 0.3) is 0 Å². The fourth-order valence-corrected chi connectivity index (χ4v) is 2.88. The Kier molecular flexibility index (Phi) is 3.16. The first-order valence-electron chi connectivity index (χ1n) is 6.64. The Morgan fingerprint density at radius 2 is 1.95 bits per heavy atom. The van der Waals surface area contributed by atoms with Gasteiger partial charge in [-0.25, -0.2) is 8.78 Å². The molecule has 1 aromatic rings. The van der Waals surface area contributed by atoms with Gasteiger partial charge in [-0.2, -0.15) is 0 Å². The number of carbonyl (C=O) groups is 2. The quantitative estimate of drug-likeness (QED) is 0.785. The number of benzene rings is 1. The summed E-state index contributed by atoms with van der Waals surface area (Å²) < 4.78 is 27.1. The molecule has 2 fully saturated rings. The predicted octanol–water partition coefficient (Wildman–Crippen LogP) is 1.69. The standard InChI is InChI=1S/C14H14F2N2O2/c15-9-4-3-6-10(13(9)16)18-8-12(19)17-7-2-1-5-11(17)14(18)20/h3-4,6,11H,1-2,5,7-8H2. The summed E-state index contributed by atoms with van der Waals surface area (Å²) in [5, 5.41) is 0. The average molecular weight is 280 g/mol. The van der Waals surface area contributed by atoms with Crippen LogP contribution in [0.1, 0.15) is 19.3 Å². The molecule has 0 aliphatic carbocycles. The molecule has 0 spiro atoms. The Bertz CT molecular complexity index is 576. The second kappa shape index (κ2) is 4.85. The maximum absolute atomic E-state index is 13.8. The second-order valence-electron chi connectivity index (χ2n) is 5.10. The van der Waals surface area contributed by atoms with Crippen LogP contribution >= 0.6 is 0 Å². The van der Waals surface area contributed by atoms with Crippen molar-refractivity contribution in [1.82, 2.24) is 4.90 Å². The molecule has 2 amide bonds. The van der Waals surface area contributed by atoms with Gasteiger partial charge < -0.3 is 4.90 Å². The highest BCUT2D eigenvalue weighted by atomic mass is 19.2. The summed E-state index contributed by atoms with van der Waals surface area (Å²) in [5.74, 6) is -2.64. The lowest BCUT2D eigenvalue weighted by Crippen LogP contribution is -2.61. The summed E-state index contributed by atoms with van der Waals surface area (Å²) in [4.78, 5) is 27.1. The van der Waals surface area contributed by atoms with E-state index in [2.05, 4.69) is 0 Å². The zero-order valence-electron chi connectivity index (χ0n) is 10.8. The van der Waals surface area contributed by atoms with Crippen molar-refractivity contribution >= 4 is 17.5 Å². The zero-order chi connectivity index (χ0) is 14.3. The molecule has 1 aromatic carbocycles. The second-order valence-corrected chi connectivity index (χ2v) is 5.10. The normalized spacial score (nSPS) is 23.0. The van der Waals surface area contributed by atoms with E-state index in [4.69, 9.17) is 0 Å². The van der Waals surface area contributed by atoms with Crippen molar-refractivity contribution in [2.24, 2.45) is 0 Å². The van der Waals surface area contributed by atoms with Gasteiger partial charge in [0.05, 0.1) is 5.69 Å². The third-order valence-corrected chi connectivity index (χ3v) is 3.89. The van der Waals surface area contributed by atoms with Gasteiger partial charge in [-0.3, -0.25) is 14.5 Å². The molecule has 2 aliphatic heterocycles. The smallest absolute Gasteiger partial charge is 0.250 e. The number of fused-ring (bicyclic) bond motifs is 1. The van der Waals surface area contributed by atoms with Crippen LogP contribution in [0.15, 0.2) is 18.2 Å². The summed E-state index contributed by atoms with van der Waals surface area (Å²) in [7, 11) is 0. The molecule has 3 rings (SSSR count). The van der Waals surface area contributed by atoms with Gasteiger partial charge in [-0.15, -0.1) is 0 Å². The third kappa shape index (κ3) is 1.95. The first-order chi connectivity index (χ1) is 9.59. The molecule has 0 radical (unpaired) electrons. The Labute approximate surface area is 115 Å². The summed E-state index contributed by atoms with van der Waals surface area (Å²) >= 11 is 0. The van der Waals surface area contributed by atoms with Crippen molar-refractivity contribution in [3.63, 3.8) is 0 Å². The molecule has 1 atom stereocenters. The Balaban J connectivity index is 1.96. The van der Waals surface area contributed by atoms with Gasteiger partial charge in [0.1, 0.15) is 12.6 Å². The lowest BCUT2D eigenvalue weighted by molar-refractivity contribution is -0.144. The fraction of sp³-hybridized carbons (Fsp3) is 0.429.